The zero-order valence-corrected chi connectivity index (χ0v) is 33.1. The Labute approximate surface area is 299 Å². The Balaban J connectivity index is 1.62. The third-order valence-electron chi connectivity index (χ3n) is 11.3. The van der Waals surface area contributed by atoms with Crippen LogP contribution in [0.4, 0.5) is 0 Å². The number of unbranched alkanes of at least 4 members (excludes halogenated alkanes) is 25. The van der Waals surface area contributed by atoms with Crippen LogP contribution in [0.5, 0.6) is 11.5 Å². The molecule has 0 unspecified atom stereocenters. The molecule has 2 rings (SSSR count). The molecule has 0 amide bonds. The second kappa shape index (κ2) is 26.3. The topological polar surface area (TPSA) is 35.5 Å². The lowest BCUT2D eigenvalue weighted by atomic mass is 9.84. The van der Waals surface area contributed by atoms with E-state index in [1.807, 2.05) is 0 Å². The minimum Gasteiger partial charge on any atom is -0.487 e. The van der Waals surface area contributed by atoms with Gasteiger partial charge < -0.3 is 9.47 Å². The molecule has 1 aliphatic heterocycles. The van der Waals surface area contributed by atoms with Crippen LogP contribution in [-0.2, 0) is 11.2 Å². The van der Waals surface area contributed by atoms with Gasteiger partial charge in [0.05, 0.1) is 0 Å². The molecule has 3 nitrogen and oxygen atoms in total. The summed E-state index contributed by atoms with van der Waals surface area (Å²) in [6, 6.07) is 0. The summed E-state index contributed by atoms with van der Waals surface area (Å²) in [5.74, 6) is 1.76. The SMILES string of the molecule is CCCCCCCCCCCCCCCC[C@@]1(C)CCc2c(C)c(OC(=O)CCCCCCCCCCCCCCC)c(C)c(C)c2O1. The van der Waals surface area contributed by atoms with Crippen molar-refractivity contribution in [2.75, 3.05) is 0 Å². The van der Waals surface area contributed by atoms with E-state index < -0.39 is 0 Å². The third kappa shape index (κ3) is 17.4. The van der Waals surface area contributed by atoms with Gasteiger partial charge >= 0.3 is 5.97 Å². The van der Waals surface area contributed by atoms with E-state index in [0.29, 0.717) is 6.42 Å². The Morgan fingerprint density at radius 2 is 0.958 bits per heavy atom. The van der Waals surface area contributed by atoms with Crippen LogP contribution in [0.2, 0.25) is 0 Å². The van der Waals surface area contributed by atoms with Crippen molar-refractivity contribution in [3.05, 3.63) is 22.3 Å². The van der Waals surface area contributed by atoms with Gasteiger partial charge in [0.2, 0.25) is 0 Å². The van der Waals surface area contributed by atoms with Crippen molar-refractivity contribution in [2.45, 2.75) is 246 Å². The first-order valence-corrected chi connectivity index (χ1v) is 21.3. The van der Waals surface area contributed by atoms with E-state index in [2.05, 4.69) is 41.5 Å². The second-order valence-corrected chi connectivity index (χ2v) is 15.9. The standard InChI is InChI=1S/C45H80O3/c1-7-9-11-13-15-17-19-21-23-25-27-29-31-33-36-45(6)37-35-41-40(5)43(38(3)39(4)44(41)48-45)47-42(46)34-32-30-28-26-24-22-20-18-16-14-12-10-8-2/h7-37H2,1-6H3/t45-/m0/s1. The molecule has 0 saturated carbocycles. The largest absolute Gasteiger partial charge is 0.487 e. The van der Waals surface area contributed by atoms with Crippen LogP contribution in [0, 0.1) is 20.8 Å². The summed E-state index contributed by atoms with van der Waals surface area (Å²) in [4.78, 5) is 12.9. The summed E-state index contributed by atoms with van der Waals surface area (Å²) in [7, 11) is 0. The summed E-state index contributed by atoms with van der Waals surface area (Å²) in [6.45, 7) is 13.3. The minimum absolute atomic E-state index is 0.0806. The molecule has 1 atom stereocenters. The monoisotopic (exact) mass is 669 g/mol. The zero-order chi connectivity index (χ0) is 34.9. The first-order valence-electron chi connectivity index (χ1n) is 21.3. The molecule has 0 aromatic heterocycles. The average Bonchev–Trinajstić information content (AvgIpc) is 3.08. The fourth-order valence-corrected chi connectivity index (χ4v) is 7.76. The summed E-state index contributed by atoms with van der Waals surface area (Å²) < 4.78 is 12.8. The van der Waals surface area contributed by atoms with E-state index in [9.17, 15) is 4.79 Å². The molecule has 3 heteroatoms. The predicted octanol–water partition coefficient (Wildman–Crippen LogP) is 15.0. The van der Waals surface area contributed by atoms with Crippen LogP contribution in [-0.4, -0.2) is 11.6 Å². The van der Waals surface area contributed by atoms with E-state index in [0.717, 1.165) is 60.3 Å². The molecule has 0 fully saturated rings. The van der Waals surface area contributed by atoms with Crippen LogP contribution in [0.15, 0.2) is 0 Å². The van der Waals surface area contributed by atoms with E-state index in [-0.39, 0.29) is 11.6 Å². The smallest absolute Gasteiger partial charge is 0.311 e. The van der Waals surface area contributed by atoms with Crippen molar-refractivity contribution in [3.8, 4) is 11.5 Å². The second-order valence-electron chi connectivity index (χ2n) is 15.9. The number of ether oxygens (including phenoxy) is 2. The third-order valence-corrected chi connectivity index (χ3v) is 11.3. The van der Waals surface area contributed by atoms with Gasteiger partial charge in [-0.25, -0.2) is 0 Å². The average molecular weight is 669 g/mol. The molecule has 1 heterocycles. The number of hydrogen-bond donors (Lipinski definition) is 0. The number of rotatable bonds is 30. The van der Waals surface area contributed by atoms with Crippen molar-refractivity contribution in [1.82, 2.24) is 0 Å². The number of carbonyl (C=O) groups excluding carboxylic acids is 1. The number of esters is 1. The number of carbonyl (C=O) groups is 1. The summed E-state index contributed by atoms with van der Waals surface area (Å²) in [5, 5.41) is 0. The van der Waals surface area contributed by atoms with Crippen LogP contribution in [0.1, 0.15) is 236 Å². The highest BCUT2D eigenvalue weighted by Crippen LogP contribution is 2.45. The lowest BCUT2D eigenvalue weighted by Gasteiger charge is -2.38. The van der Waals surface area contributed by atoms with Gasteiger partial charge in [0.25, 0.3) is 0 Å². The van der Waals surface area contributed by atoms with E-state index in [1.165, 1.54) is 166 Å². The summed E-state index contributed by atoms with van der Waals surface area (Å²) in [5.41, 5.74) is 4.46. The molecule has 0 spiro atoms. The van der Waals surface area contributed by atoms with Crippen LogP contribution in [0.25, 0.3) is 0 Å². The number of benzene rings is 1. The maximum atomic E-state index is 12.9. The molecule has 0 N–H and O–H groups in total. The molecule has 0 saturated heterocycles. The van der Waals surface area contributed by atoms with Gasteiger partial charge in [-0.2, -0.15) is 0 Å². The molecule has 1 aromatic carbocycles. The Hall–Kier alpha value is -1.51. The first-order chi connectivity index (χ1) is 23.3. The summed E-state index contributed by atoms with van der Waals surface area (Å²) >= 11 is 0. The zero-order valence-electron chi connectivity index (χ0n) is 33.1. The lowest BCUT2D eigenvalue weighted by Crippen LogP contribution is -2.37. The van der Waals surface area contributed by atoms with Gasteiger partial charge in [-0.15, -0.1) is 0 Å². The van der Waals surface area contributed by atoms with E-state index in [1.54, 1.807) is 0 Å². The predicted molar refractivity (Wildman–Crippen MR) is 209 cm³/mol. The molecule has 278 valence electrons. The number of fused-ring (bicyclic) bond motifs is 1. The highest BCUT2D eigenvalue weighted by molar-refractivity contribution is 5.74. The maximum Gasteiger partial charge on any atom is 0.311 e. The Morgan fingerprint density at radius 1 is 0.562 bits per heavy atom. The van der Waals surface area contributed by atoms with Crippen LogP contribution < -0.4 is 9.47 Å². The van der Waals surface area contributed by atoms with Gasteiger partial charge in [0.15, 0.2) is 0 Å². The highest BCUT2D eigenvalue weighted by Gasteiger charge is 2.34. The van der Waals surface area contributed by atoms with Crippen LogP contribution >= 0.6 is 0 Å². The normalized spacial score (nSPS) is 15.8. The van der Waals surface area contributed by atoms with Gasteiger partial charge in [0, 0.05) is 12.0 Å². The van der Waals surface area contributed by atoms with Gasteiger partial charge in [-0.05, 0) is 76.5 Å². The number of hydrogen-bond acceptors (Lipinski definition) is 3. The van der Waals surface area contributed by atoms with Gasteiger partial charge in [0.1, 0.15) is 17.1 Å². The molecule has 0 aliphatic carbocycles. The summed E-state index contributed by atoms with van der Waals surface area (Å²) in [6.07, 6.45) is 40.2. The van der Waals surface area contributed by atoms with Crippen molar-refractivity contribution in [3.63, 3.8) is 0 Å². The Morgan fingerprint density at radius 3 is 1.40 bits per heavy atom. The van der Waals surface area contributed by atoms with Crippen molar-refractivity contribution >= 4 is 5.97 Å². The maximum absolute atomic E-state index is 12.9. The molecular formula is C45H80O3. The van der Waals surface area contributed by atoms with E-state index >= 15 is 0 Å². The molecular weight excluding hydrogens is 588 g/mol. The minimum atomic E-state index is -0.0970. The van der Waals surface area contributed by atoms with Gasteiger partial charge in [-0.1, -0.05) is 174 Å². The quantitative estimate of drug-likeness (QED) is 0.0465. The Bertz CT molecular complexity index is 981. The van der Waals surface area contributed by atoms with E-state index in [4.69, 9.17) is 9.47 Å². The fraction of sp³-hybridized carbons (Fsp3) is 0.844. The lowest BCUT2D eigenvalue weighted by molar-refractivity contribution is -0.134. The molecule has 1 aliphatic rings. The molecule has 0 bridgehead atoms. The first kappa shape index (κ1) is 42.7. The van der Waals surface area contributed by atoms with Crippen LogP contribution in [0.3, 0.4) is 0 Å². The highest BCUT2D eigenvalue weighted by atomic mass is 16.5. The van der Waals surface area contributed by atoms with Gasteiger partial charge in [-0.3, -0.25) is 4.79 Å². The molecule has 48 heavy (non-hydrogen) atoms. The molecule has 0 radical (unpaired) electrons. The van der Waals surface area contributed by atoms with Crippen molar-refractivity contribution in [2.24, 2.45) is 0 Å². The van der Waals surface area contributed by atoms with Crippen molar-refractivity contribution < 1.29 is 14.3 Å². The molecule has 1 aromatic rings. The van der Waals surface area contributed by atoms with Crippen molar-refractivity contribution in [1.29, 1.82) is 0 Å². The fourth-order valence-electron chi connectivity index (χ4n) is 7.76. The Kier molecular flexibility index (Phi) is 23.4.